The van der Waals surface area contributed by atoms with Gasteiger partial charge in [0.2, 0.25) is 0 Å². The van der Waals surface area contributed by atoms with Crippen LogP contribution < -0.4 is 10.1 Å². The standard InChI is InChI=1S/C24H21BrN2O4S/c1-3-30-17-8-6-16(7-9-17)27-23-21(24(29)31-4-2)22(28)20(32-23)11-14-13-26-19-10-5-15(25)12-18(14)19/h5-13,27-28H,3-4H2,1-2H3. The van der Waals surface area contributed by atoms with E-state index < -0.39 is 5.97 Å². The summed E-state index contributed by atoms with van der Waals surface area (Å²) in [6.07, 6.45) is 3.58. The van der Waals surface area contributed by atoms with Gasteiger partial charge in [-0.05, 0) is 62.4 Å². The Labute approximate surface area is 198 Å². The molecule has 0 spiro atoms. The second kappa shape index (κ2) is 9.58. The van der Waals surface area contributed by atoms with Gasteiger partial charge in [-0.15, -0.1) is 11.3 Å². The normalized spacial score (nSPS) is 13.3. The predicted molar refractivity (Wildman–Crippen MR) is 133 cm³/mol. The zero-order valence-corrected chi connectivity index (χ0v) is 19.9. The number of hydrogen-bond acceptors (Lipinski definition) is 7. The average Bonchev–Trinajstić information content (AvgIpc) is 3.30. The molecule has 1 aliphatic rings. The fourth-order valence-corrected chi connectivity index (χ4v) is 4.68. The molecule has 2 aromatic carbocycles. The molecule has 0 fully saturated rings. The van der Waals surface area contributed by atoms with Crippen LogP contribution in [0.1, 0.15) is 34.6 Å². The van der Waals surface area contributed by atoms with Gasteiger partial charge in [0.15, 0.2) is 0 Å². The Bertz CT molecular complexity index is 1220. The second-order valence-corrected chi connectivity index (χ2v) is 8.81. The first kappa shape index (κ1) is 22.1. The number of thiophene rings is 1. The second-order valence-electron chi connectivity index (χ2n) is 6.84. The molecule has 3 aromatic rings. The summed E-state index contributed by atoms with van der Waals surface area (Å²) in [5.41, 5.74) is 3.53. The Hall–Kier alpha value is -3.10. The number of fused-ring (bicyclic) bond motifs is 1. The van der Waals surface area contributed by atoms with E-state index in [1.165, 1.54) is 11.3 Å². The van der Waals surface area contributed by atoms with Gasteiger partial charge in [0.25, 0.3) is 0 Å². The van der Waals surface area contributed by atoms with Crippen molar-refractivity contribution >= 4 is 67.5 Å². The van der Waals surface area contributed by atoms with Crippen LogP contribution in [-0.4, -0.2) is 30.5 Å². The maximum Gasteiger partial charge on any atom is 0.344 e. The number of carbonyl (C=O) groups is 1. The Morgan fingerprint density at radius 2 is 1.97 bits per heavy atom. The summed E-state index contributed by atoms with van der Waals surface area (Å²) >= 11 is 4.76. The van der Waals surface area contributed by atoms with E-state index in [1.54, 1.807) is 13.1 Å². The maximum absolute atomic E-state index is 12.6. The minimum atomic E-state index is -0.581. The van der Waals surface area contributed by atoms with E-state index in [9.17, 15) is 9.90 Å². The van der Waals surface area contributed by atoms with Crippen LogP contribution in [0.15, 0.2) is 51.9 Å². The number of carbonyl (C=O) groups excluding carboxylic acids is 1. The summed E-state index contributed by atoms with van der Waals surface area (Å²) in [6, 6.07) is 13.2. The van der Waals surface area contributed by atoms with Gasteiger partial charge in [0.05, 0.1) is 23.8 Å². The lowest BCUT2D eigenvalue weighted by Gasteiger charge is -2.08. The number of aromatic hydroxyl groups is 1. The number of nitrogens with zero attached hydrogens (tertiary/aromatic N) is 1. The number of anilines is 2. The summed E-state index contributed by atoms with van der Waals surface area (Å²) in [6.45, 7) is 4.45. The number of nitrogens with one attached hydrogen (secondary N) is 1. The molecule has 1 aliphatic heterocycles. The van der Waals surface area contributed by atoms with Crippen LogP contribution >= 0.6 is 27.3 Å². The highest BCUT2D eigenvalue weighted by atomic mass is 79.9. The predicted octanol–water partition coefficient (Wildman–Crippen LogP) is 6.79. The third kappa shape index (κ3) is 4.56. The first-order chi connectivity index (χ1) is 15.5. The fourth-order valence-electron chi connectivity index (χ4n) is 3.27. The summed E-state index contributed by atoms with van der Waals surface area (Å²) in [7, 11) is 0. The quantitative estimate of drug-likeness (QED) is 0.340. The number of halogens is 1. The molecule has 1 aromatic heterocycles. The lowest BCUT2D eigenvalue weighted by molar-refractivity contribution is 0.0525. The van der Waals surface area contributed by atoms with Gasteiger partial charge in [-0.2, -0.15) is 0 Å². The summed E-state index contributed by atoms with van der Waals surface area (Å²) in [5, 5.41) is 14.6. The average molecular weight is 513 g/mol. The summed E-state index contributed by atoms with van der Waals surface area (Å²) < 4.78 is 11.6. The van der Waals surface area contributed by atoms with E-state index in [2.05, 4.69) is 26.2 Å². The minimum Gasteiger partial charge on any atom is -0.505 e. The molecule has 8 heteroatoms. The van der Waals surface area contributed by atoms with Crippen molar-refractivity contribution in [1.82, 2.24) is 0 Å². The van der Waals surface area contributed by atoms with Gasteiger partial charge in [-0.25, -0.2) is 4.79 Å². The maximum atomic E-state index is 12.6. The molecule has 6 nitrogen and oxygen atoms in total. The van der Waals surface area contributed by atoms with Crippen molar-refractivity contribution in [3.05, 3.63) is 62.9 Å². The zero-order valence-electron chi connectivity index (χ0n) is 17.5. The van der Waals surface area contributed by atoms with Crippen molar-refractivity contribution in [3.63, 3.8) is 0 Å². The van der Waals surface area contributed by atoms with E-state index in [0.717, 1.165) is 32.7 Å². The first-order valence-electron chi connectivity index (χ1n) is 10.1. The topological polar surface area (TPSA) is 80.2 Å². The summed E-state index contributed by atoms with van der Waals surface area (Å²) in [4.78, 5) is 17.6. The smallest absolute Gasteiger partial charge is 0.344 e. The summed E-state index contributed by atoms with van der Waals surface area (Å²) in [5.74, 6) is 0.0577. The van der Waals surface area contributed by atoms with E-state index in [0.29, 0.717) is 16.5 Å². The molecular weight excluding hydrogens is 492 g/mol. The van der Waals surface area contributed by atoms with Gasteiger partial charge in [0, 0.05) is 27.5 Å². The Morgan fingerprint density at radius 1 is 1.19 bits per heavy atom. The molecule has 0 saturated carbocycles. The molecule has 32 heavy (non-hydrogen) atoms. The SMILES string of the molecule is CCOC(=O)c1c(Nc2ccc(OCC)cc2)sc(C=C2C=Nc3ccc(Br)cc32)c1O. The largest absolute Gasteiger partial charge is 0.505 e. The number of hydrogen-bond donors (Lipinski definition) is 2. The fraction of sp³-hybridized carbons (Fsp3) is 0.167. The molecule has 4 rings (SSSR count). The molecule has 164 valence electrons. The molecule has 0 aliphatic carbocycles. The molecule has 0 atom stereocenters. The van der Waals surface area contributed by atoms with Gasteiger partial charge in [-0.3, -0.25) is 4.99 Å². The molecule has 0 radical (unpaired) electrons. The van der Waals surface area contributed by atoms with Crippen molar-refractivity contribution in [2.24, 2.45) is 4.99 Å². The lowest BCUT2D eigenvalue weighted by atomic mass is 10.1. The molecular formula is C24H21BrN2O4S. The van der Waals surface area contributed by atoms with Gasteiger partial charge < -0.3 is 19.9 Å². The molecule has 0 saturated heterocycles. The van der Waals surface area contributed by atoms with Gasteiger partial charge >= 0.3 is 5.97 Å². The Balaban J connectivity index is 1.71. The first-order valence-corrected chi connectivity index (χ1v) is 11.7. The number of aliphatic imine (C=N–C) groups is 1. The molecule has 0 bridgehead atoms. The number of rotatable bonds is 7. The zero-order chi connectivity index (χ0) is 22.7. The number of ether oxygens (including phenoxy) is 2. The van der Waals surface area contributed by atoms with E-state index >= 15 is 0 Å². The third-order valence-electron chi connectivity index (χ3n) is 4.71. The van der Waals surface area contributed by atoms with Gasteiger partial charge in [0.1, 0.15) is 22.1 Å². The lowest BCUT2D eigenvalue weighted by Crippen LogP contribution is -2.06. The molecule has 0 amide bonds. The van der Waals surface area contributed by atoms with E-state index in [4.69, 9.17) is 9.47 Å². The number of allylic oxidation sites excluding steroid dienone is 1. The highest BCUT2D eigenvalue weighted by Gasteiger charge is 2.25. The Kier molecular flexibility index (Phi) is 6.62. The van der Waals surface area contributed by atoms with Crippen molar-refractivity contribution in [3.8, 4) is 11.5 Å². The van der Waals surface area contributed by atoms with Crippen LogP contribution in [0.4, 0.5) is 16.4 Å². The molecule has 2 heterocycles. The molecule has 0 unspecified atom stereocenters. The highest BCUT2D eigenvalue weighted by Crippen LogP contribution is 2.44. The van der Waals surface area contributed by atoms with Crippen molar-refractivity contribution in [1.29, 1.82) is 0 Å². The van der Waals surface area contributed by atoms with Crippen molar-refractivity contribution in [2.45, 2.75) is 13.8 Å². The van der Waals surface area contributed by atoms with Crippen LogP contribution in [0.3, 0.4) is 0 Å². The molecule has 2 N–H and O–H groups in total. The number of benzene rings is 2. The van der Waals surface area contributed by atoms with Crippen LogP contribution in [0, 0.1) is 0 Å². The van der Waals surface area contributed by atoms with Crippen LogP contribution in [0.2, 0.25) is 0 Å². The van der Waals surface area contributed by atoms with Crippen LogP contribution in [0.5, 0.6) is 11.5 Å². The van der Waals surface area contributed by atoms with Crippen molar-refractivity contribution < 1.29 is 19.4 Å². The minimum absolute atomic E-state index is 0.113. The van der Waals surface area contributed by atoms with Crippen LogP contribution in [-0.2, 0) is 4.74 Å². The third-order valence-corrected chi connectivity index (χ3v) is 6.25. The monoisotopic (exact) mass is 512 g/mol. The highest BCUT2D eigenvalue weighted by molar-refractivity contribution is 9.10. The van der Waals surface area contributed by atoms with Crippen molar-refractivity contribution in [2.75, 3.05) is 18.5 Å². The Morgan fingerprint density at radius 3 is 2.69 bits per heavy atom. The van der Waals surface area contributed by atoms with Crippen LogP contribution in [0.25, 0.3) is 11.6 Å². The van der Waals surface area contributed by atoms with E-state index in [-0.39, 0.29) is 17.9 Å². The van der Waals surface area contributed by atoms with E-state index in [1.807, 2.05) is 55.5 Å². The number of esters is 1. The van der Waals surface area contributed by atoms with Gasteiger partial charge in [-0.1, -0.05) is 15.9 Å².